The molecule has 2 aliphatic rings. The van der Waals surface area contributed by atoms with Crippen LogP contribution in [0.15, 0.2) is 0 Å². The Balaban J connectivity index is 1.93. The molecule has 1 N–H and O–H groups in total. The summed E-state index contributed by atoms with van der Waals surface area (Å²) in [4.78, 5) is 24.4. The molecule has 0 aliphatic carbocycles. The number of nitrogens with one attached hydrogen (secondary N) is 1. The van der Waals surface area contributed by atoms with Crippen LogP contribution < -0.4 is 5.32 Å². The van der Waals surface area contributed by atoms with Crippen molar-refractivity contribution in [2.24, 2.45) is 0 Å². The van der Waals surface area contributed by atoms with Crippen LogP contribution in [0, 0.1) is 11.8 Å². The zero-order valence-corrected chi connectivity index (χ0v) is 10.0. The average molecular weight is 238 g/mol. The third kappa shape index (κ3) is 2.17. The maximum Gasteiger partial charge on any atom is 0.298 e. The van der Waals surface area contributed by atoms with Crippen molar-refractivity contribution < 1.29 is 9.59 Å². The summed E-state index contributed by atoms with van der Waals surface area (Å²) in [6.07, 6.45) is 1.64. The number of thioether (sulfide) groups is 1. The maximum atomic E-state index is 11.5. The topological polar surface area (TPSA) is 49.4 Å². The first-order chi connectivity index (χ1) is 7.65. The Morgan fingerprint density at radius 1 is 1.50 bits per heavy atom. The average Bonchev–Trinajstić information content (AvgIpc) is 2.61. The van der Waals surface area contributed by atoms with Crippen LogP contribution in [-0.2, 0) is 9.59 Å². The minimum absolute atomic E-state index is 0.105. The van der Waals surface area contributed by atoms with E-state index in [-0.39, 0.29) is 16.7 Å². The zero-order valence-electron chi connectivity index (χ0n) is 9.21. The van der Waals surface area contributed by atoms with E-state index in [9.17, 15) is 9.59 Å². The van der Waals surface area contributed by atoms with Gasteiger partial charge in [-0.1, -0.05) is 5.92 Å². The lowest BCUT2D eigenvalue weighted by Gasteiger charge is -2.37. The molecule has 2 heterocycles. The highest BCUT2D eigenvalue weighted by atomic mass is 32.2. The molecule has 5 heteroatoms. The van der Waals surface area contributed by atoms with Crippen molar-refractivity contribution in [3.63, 3.8) is 0 Å². The van der Waals surface area contributed by atoms with Gasteiger partial charge >= 0.3 is 0 Å². The second-order valence-corrected chi connectivity index (χ2v) is 5.36. The fourth-order valence-electron chi connectivity index (χ4n) is 2.06. The lowest BCUT2D eigenvalue weighted by Crippen LogP contribution is -2.50. The fraction of sp³-hybridized carbons (Fsp3) is 0.636. The van der Waals surface area contributed by atoms with Crippen molar-refractivity contribution in [1.29, 1.82) is 0 Å². The lowest BCUT2D eigenvalue weighted by atomic mass is 10.0. The van der Waals surface area contributed by atoms with Crippen LogP contribution in [0.3, 0.4) is 0 Å². The van der Waals surface area contributed by atoms with Crippen molar-refractivity contribution >= 4 is 23.6 Å². The van der Waals surface area contributed by atoms with E-state index < -0.39 is 0 Å². The number of likely N-dealkylation sites (tertiary alicyclic amines) is 1. The van der Waals surface area contributed by atoms with Gasteiger partial charge in [0.1, 0.15) is 0 Å². The van der Waals surface area contributed by atoms with E-state index in [1.54, 1.807) is 23.6 Å². The van der Waals surface area contributed by atoms with Crippen molar-refractivity contribution in [3.05, 3.63) is 0 Å². The van der Waals surface area contributed by atoms with Gasteiger partial charge in [0.2, 0.25) is 5.91 Å². The Labute approximate surface area is 99.1 Å². The lowest BCUT2D eigenvalue weighted by molar-refractivity contribution is -0.126. The minimum Gasteiger partial charge on any atom is -0.341 e. The quantitative estimate of drug-likeness (QED) is 0.613. The van der Waals surface area contributed by atoms with E-state index in [1.807, 2.05) is 0 Å². The number of carbonyl (C=O) groups excluding carboxylic acids is 2. The second kappa shape index (κ2) is 4.38. The van der Waals surface area contributed by atoms with Gasteiger partial charge < -0.3 is 10.2 Å². The predicted molar refractivity (Wildman–Crippen MR) is 62.6 cm³/mol. The summed E-state index contributed by atoms with van der Waals surface area (Å²) in [5.41, 5.74) is 0. The first kappa shape index (κ1) is 11.3. The molecule has 4 nitrogen and oxygen atoms in total. The van der Waals surface area contributed by atoms with E-state index in [2.05, 4.69) is 17.2 Å². The Bertz CT molecular complexity index is 375. The van der Waals surface area contributed by atoms with Crippen molar-refractivity contribution in [1.82, 2.24) is 10.2 Å². The Morgan fingerprint density at radius 3 is 2.69 bits per heavy atom. The van der Waals surface area contributed by atoms with E-state index in [4.69, 9.17) is 0 Å². The molecule has 2 saturated heterocycles. The molecule has 86 valence electrons. The fourth-order valence-corrected chi connectivity index (χ4v) is 3.19. The van der Waals surface area contributed by atoms with Gasteiger partial charge in [0.25, 0.3) is 5.91 Å². The highest BCUT2D eigenvalue weighted by Gasteiger charge is 2.41. The number of nitrogens with zero attached hydrogens (tertiary/aromatic N) is 1. The number of piperidine rings is 1. The van der Waals surface area contributed by atoms with Crippen molar-refractivity contribution in [2.75, 3.05) is 18.8 Å². The van der Waals surface area contributed by atoms with E-state index in [0.717, 1.165) is 12.8 Å². The molecule has 0 aromatic rings. The molecule has 0 aromatic heterocycles. The van der Waals surface area contributed by atoms with Crippen LogP contribution in [0.5, 0.6) is 0 Å². The molecular formula is C11H14N2O2S. The van der Waals surface area contributed by atoms with Gasteiger partial charge in [-0.3, -0.25) is 9.59 Å². The highest BCUT2D eigenvalue weighted by Crippen LogP contribution is 2.37. The van der Waals surface area contributed by atoms with Crippen LogP contribution in [0.1, 0.15) is 19.8 Å². The van der Waals surface area contributed by atoms with Gasteiger partial charge in [0.05, 0.1) is 10.6 Å². The summed E-state index contributed by atoms with van der Waals surface area (Å²) in [6, 6.07) is 0. The molecule has 0 aromatic carbocycles. The van der Waals surface area contributed by atoms with E-state index in [0.29, 0.717) is 18.8 Å². The summed E-state index contributed by atoms with van der Waals surface area (Å²) in [7, 11) is 0. The van der Waals surface area contributed by atoms with Crippen LogP contribution in [0.25, 0.3) is 0 Å². The molecule has 2 amide bonds. The summed E-state index contributed by atoms with van der Waals surface area (Å²) >= 11 is 1.67. The highest BCUT2D eigenvalue weighted by molar-refractivity contribution is 8.01. The van der Waals surface area contributed by atoms with Crippen molar-refractivity contribution in [2.45, 2.75) is 24.6 Å². The van der Waals surface area contributed by atoms with Crippen molar-refractivity contribution in [3.8, 4) is 11.8 Å². The molecule has 0 bridgehead atoms. The predicted octanol–water partition coefficient (Wildman–Crippen LogP) is 0.191. The number of amides is 2. The SMILES string of the molecule is CC#CC(=O)N1CCC2(CC1)NC(=O)CS2. The smallest absolute Gasteiger partial charge is 0.298 e. The number of hydrogen-bond donors (Lipinski definition) is 1. The number of rotatable bonds is 0. The molecule has 16 heavy (non-hydrogen) atoms. The Kier molecular flexibility index (Phi) is 3.10. The third-order valence-corrected chi connectivity index (χ3v) is 4.41. The Morgan fingerprint density at radius 2 is 2.19 bits per heavy atom. The molecule has 0 unspecified atom stereocenters. The van der Waals surface area contributed by atoms with E-state index in [1.165, 1.54) is 0 Å². The monoisotopic (exact) mass is 238 g/mol. The molecule has 0 radical (unpaired) electrons. The molecule has 2 aliphatic heterocycles. The normalized spacial score (nSPS) is 22.6. The van der Waals surface area contributed by atoms with Gasteiger partial charge in [-0.25, -0.2) is 0 Å². The van der Waals surface area contributed by atoms with Gasteiger partial charge in [0.15, 0.2) is 0 Å². The van der Waals surface area contributed by atoms with Crippen LogP contribution in [0.4, 0.5) is 0 Å². The van der Waals surface area contributed by atoms with Gasteiger partial charge in [-0.05, 0) is 25.7 Å². The summed E-state index contributed by atoms with van der Waals surface area (Å²) in [5, 5.41) is 3.01. The molecule has 2 fully saturated rings. The van der Waals surface area contributed by atoms with Crippen LogP contribution >= 0.6 is 11.8 Å². The van der Waals surface area contributed by atoms with E-state index >= 15 is 0 Å². The molecule has 0 saturated carbocycles. The zero-order chi connectivity index (χ0) is 11.6. The third-order valence-electron chi connectivity index (χ3n) is 2.94. The number of hydrogen-bond acceptors (Lipinski definition) is 3. The standard InChI is InChI=1S/C11H14N2O2S/c1-2-3-10(15)13-6-4-11(5-7-13)12-9(14)8-16-11/h4-8H2,1H3,(H,12,14). The summed E-state index contributed by atoms with van der Waals surface area (Å²) in [5.74, 6) is 5.71. The second-order valence-electron chi connectivity index (χ2n) is 4.00. The first-order valence-electron chi connectivity index (χ1n) is 5.32. The maximum absolute atomic E-state index is 11.5. The van der Waals surface area contributed by atoms with Crippen LogP contribution in [-0.4, -0.2) is 40.4 Å². The van der Waals surface area contributed by atoms with Crippen LogP contribution in [0.2, 0.25) is 0 Å². The molecule has 0 atom stereocenters. The van der Waals surface area contributed by atoms with Gasteiger partial charge in [-0.2, -0.15) is 0 Å². The summed E-state index contributed by atoms with van der Waals surface area (Å²) in [6.45, 7) is 3.03. The van der Waals surface area contributed by atoms with Gasteiger partial charge in [-0.15, -0.1) is 11.8 Å². The minimum atomic E-state index is -0.118. The number of carbonyl (C=O) groups is 2. The molecule has 1 spiro atoms. The molecule has 2 rings (SSSR count). The summed E-state index contributed by atoms with van der Waals surface area (Å²) < 4.78 is 0. The first-order valence-corrected chi connectivity index (χ1v) is 6.30. The van der Waals surface area contributed by atoms with Gasteiger partial charge in [0, 0.05) is 13.1 Å². The largest absolute Gasteiger partial charge is 0.341 e. The molecular weight excluding hydrogens is 224 g/mol. The Hall–Kier alpha value is -1.15.